The molecule has 0 N–H and O–H groups in total. The van der Waals surface area contributed by atoms with Gasteiger partial charge in [-0.3, -0.25) is 0 Å². The lowest BCUT2D eigenvalue weighted by atomic mass is 10.1. The number of hydrogen-bond acceptors (Lipinski definition) is 1. The number of unbranched alkanes of at least 4 members (excludes halogenated alkanes) is 5. The minimum atomic E-state index is 1.17. The lowest BCUT2D eigenvalue weighted by Gasteiger charge is -1.99. The van der Waals surface area contributed by atoms with E-state index in [1.54, 1.807) is 0 Å². The first-order valence-electron chi connectivity index (χ1n) is 5.50. The summed E-state index contributed by atoms with van der Waals surface area (Å²) in [6.45, 7) is 0. The minimum absolute atomic E-state index is 1.17. The normalized spacial score (nSPS) is 10.6. The molecule has 0 saturated heterocycles. The molecule has 0 aliphatic rings. The van der Waals surface area contributed by atoms with Crippen molar-refractivity contribution >= 4 is 27.3 Å². The Labute approximate surface area is 99.9 Å². The van der Waals surface area contributed by atoms with E-state index in [0.717, 1.165) is 0 Å². The van der Waals surface area contributed by atoms with E-state index in [9.17, 15) is 0 Å². The average Bonchev–Trinajstić information content (AvgIpc) is 2.69. The molecule has 0 atom stereocenters. The zero-order chi connectivity index (χ0) is 10.1. The molecule has 1 heterocycles. The molecule has 0 aromatic carbocycles. The van der Waals surface area contributed by atoms with Gasteiger partial charge in [-0.25, -0.2) is 0 Å². The van der Waals surface area contributed by atoms with E-state index in [1.165, 1.54) is 55.8 Å². The largest absolute Gasteiger partial charge is 0.152 e. The summed E-state index contributed by atoms with van der Waals surface area (Å²) in [4.78, 5) is 0. The van der Waals surface area contributed by atoms with E-state index in [-0.39, 0.29) is 0 Å². The van der Waals surface area contributed by atoms with Gasteiger partial charge in [0.25, 0.3) is 0 Å². The van der Waals surface area contributed by atoms with E-state index in [1.807, 2.05) is 11.3 Å². The van der Waals surface area contributed by atoms with Crippen LogP contribution in [0.3, 0.4) is 0 Å². The first kappa shape index (κ1) is 12.3. The van der Waals surface area contributed by atoms with Gasteiger partial charge < -0.3 is 0 Å². The summed E-state index contributed by atoms with van der Waals surface area (Å²) in [6.07, 6.45) is 9.60. The standard InChI is InChI=1S/C12H19BrS/c13-9-6-4-2-1-3-5-7-12-8-10-14-11-12/h8,10-11H,1-7,9H2. The van der Waals surface area contributed by atoms with E-state index < -0.39 is 0 Å². The van der Waals surface area contributed by atoms with Crippen LogP contribution in [0.2, 0.25) is 0 Å². The van der Waals surface area contributed by atoms with E-state index in [4.69, 9.17) is 0 Å². The van der Waals surface area contributed by atoms with Crippen LogP contribution in [0.25, 0.3) is 0 Å². The van der Waals surface area contributed by atoms with Crippen LogP contribution in [-0.2, 0) is 6.42 Å². The molecule has 0 nitrogen and oxygen atoms in total. The molecule has 1 aromatic heterocycles. The maximum atomic E-state index is 3.46. The van der Waals surface area contributed by atoms with Gasteiger partial charge in [-0.15, -0.1) is 0 Å². The third-order valence-corrected chi connectivity index (χ3v) is 3.72. The molecule has 0 amide bonds. The first-order chi connectivity index (χ1) is 6.93. The van der Waals surface area contributed by atoms with Crippen molar-refractivity contribution in [3.8, 4) is 0 Å². The summed E-state index contributed by atoms with van der Waals surface area (Å²) < 4.78 is 0. The Morgan fingerprint density at radius 2 is 1.71 bits per heavy atom. The van der Waals surface area contributed by atoms with Crippen LogP contribution in [0.1, 0.15) is 44.1 Å². The van der Waals surface area contributed by atoms with Crippen LogP contribution >= 0.6 is 27.3 Å². The van der Waals surface area contributed by atoms with E-state index in [2.05, 4.69) is 32.8 Å². The quantitative estimate of drug-likeness (QED) is 0.461. The summed E-state index contributed by atoms with van der Waals surface area (Å²) >= 11 is 5.27. The number of thiophene rings is 1. The molecule has 0 aliphatic heterocycles. The smallest absolute Gasteiger partial charge is 0.00313 e. The van der Waals surface area contributed by atoms with Crippen LogP contribution < -0.4 is 0 Å². The second-order valence-corrected chi connectivity index (χ2v) is 5.26. The summed E-state index contributed by atoms with van der Waals surface area (Å²) in [7, 11) is 0. The van der Waals surface area contributed by atoms with Crippen molar-refractivity contribution in [3.05, 3.63) is 22.4 Å². The minimum Gasteiger partial charge on any atom is -0.152 e. The van der Waals surface area contributed by atoms with Crippen molar-refractivity contribution in [1.29, 1.82) is 0 Å². The second kappa shape index (κ2) is 8.49. The Kier molecular flexibility index (Phi) is 7.42. The second-order valence-electron chi connectivity index (χ2n) is 3.69. The van der Waals surface area contributed by atoms with Gasteiger partial charge in [0.1, 0.15) is 0 Å². The van der Waals surface area contributed by atoms with E-state index >= 15 is 0 Å². The number of rotatable bonds is 8. The summed E-state index contributed by atoms with van der Waals surface area (Å²) in [5, 5.41) is 5.61. The highest BCUT2D eigenvalue weighted by molar-refractivity contribution is 9.09. The third kappa shape index (κ3) is 5.82. The highest BCUT2D eigenvalue weighted by atomic mass is 79.9. The van der Waals surface area contributed by atoms with Gasteiger partial charge in [0.15, 0.2) is 0 Å². The van der Waals surface area contributed by atoms with Crippen LogP contribution in [0.5, 0.6) is 0 Å². The fourth-order valence-corrected chi connectivity index (χ4v) is 2.67. The van der Waals surface area contributed by atoms with Crippen LogP contribution in [-0.4, -0.2) is 5.33 Å². The molecule has 2 heteroatoms. The molecule has 1 rings (SSSR count). The van der Waals surface area contributed by atoms with Gasteiger partial charge in [0.2, 0.25) is 0 Å². The predicted molar refractivity (Wildman–Crippen MR) is 69.5 cm³/mol. The van der Waals surface area contributed by atoms with Gasteiger partial charge >= 0.3 is 0 Å². The predicted octanol–water partition coefficient (Wildman–Crippen LogP) is 5.03. The molecular weight excluding hydrogens is 256 g/mol. The maximum Gasteiger partial charge on any atom is 0.00313 e. The summed E-state index contributed by atoms with van der Waals surface area (Å²) in [5.74, 6) is 0. The molecular formula is C12H19BrS. The number of aryl methyl sites for hydroxylation is 1. The highest BCUT2D eigenvalue weighted by Gasteiger charge is 1.94. The molecule has 0 saturated carbocycles. The van der Waals surface area contributed by atoms with E-state index in [0.29, 0.717) is 0 Å². The molecule has 0 aliphatic carbocycles. The topological polar surface area (TPSA) is 0 Å². The monoisotopic (exact) mass is 274 g/mol. The Hall–Kier alpha value is 0.180. The van der Waals surface area contributed by atoms with Gasteiger partial charge in [0, 0.05) is 5.33 Å². The number of alkyl halides is 1. The molecule has 0 spiro atoms. The average molecular weight is 275 g/mol. The van der Waals surface area contributed by atoms with Gasteiger partial charge in [0.05, 0.1) is 0 Å². The van der Waals surface area contributed by atoms with Crippen molar-refractivity contribution in [2.24, 2.45) is 0 Å². The highest BCUT2D eigenvalue weighted by Crippen LogP contribution is 2.12. The molecule has 14 heavy (non-hydrogen) atoms. The van der Waals surface area contributed by atoms with Crippen molar-refractivity contribution in [3.63, 3.8) is 0 Å². The molecule has 80 valence electrons. The number of halogens is 1. The third-order valence-electron chi connectivity index (χ3n) is 2.43. The van der Waals surface area contributed by atoms with Crippen molar-refractivity contribution in [1.82, 2.24) is 0 Å². The fraction of sp³-hybridized carbons (Fsp3) is 0.667. The van der Waals surface area contributed by atoms with Crippen LogP contribution in [0.4, 0.5) is 0 Å². The summed E-state index contributed by atoms with van der Waals surface area (Å²) in [6, 6.07) is 2.25. The Bertz CT molecular complexity index is 206. The van der Waals surface area contributed by atoms with Gasteiger partial charge in [-0.2, -0.15) is 11.3 Å². The van der Waals surface area contributed by atoms with Crippen LogP contribution in [0.15, 0.2) is 16.8 Å². The molecule has 0 unspecified atom stereocenters. The number of hydrogen-bond donors (Lipinski definition) is 0. The van der Waals surface area contributed by atoms with Crippen molar-refractivity contribution in [2.75, 3.05) is 5.33 Å². The Balaban J connectivity index is 1.85. The first-order valence-corrected chi connectivity index (χ1v) is 7.57. The molecule has 1 aromatic rings. The Morgan fingerprint density at radius 1 is 1.00 bits per heavy atom. The van der Waals surface area contributed by atoms with Gasteiger partial charge in [-0.1, -0.05) is 41.6 Å². The summed E-state index contributed by atoms with van der Waals surface area (Å²) in [5.41, 5.74) is 1.52. The molecule has 0 bridgehead atoms. The lowest BCUT2D eigenvalue weighted by Crippen LogP contribution is -1.84. The maximum absolute atomic E-state index is 3.46. The molecule has 0 radical (unpaired) electrons. The van der Waals surface area contributed by atoms with Crippen molar-refractivity contribution in [2.45, 2.75) is 44.9 Å². The fourth-order valence-electron chi connectivity index (χ4n) is 1.57. The Morgan fingerprint density at radius 3 is 2.36 bits per heavy atom. The zero-order valence-electron chi connectivity index (χ0n) is 8.68. The zero-order valence-corrected chi connectivity index (χ0v) is 11.1. The lowest BCUT2D eigenvalue weighted by molar-refractivity contribution is 0.610. The van der Waals surface area contributed by atoms with Crippen molar-refractivity contribution < 1.29 is 0 Å². The molecule has 0 fully saturated rings. The van der Waals surface area contributed by atoms with Gasteiger partial charge in [-0.05, 0) is 41.7 Å². The SMILES string of the molecule is BrCCCCCCCCc1ccsc1. The van der Waals surface area contributed by atoms with Crippen LogP contribution in [0, 0.1) is 0 Å².